The normalized spacial score (nSPS) is 10.3. The molecule has 0 heterocycles. The lowest BCUT2D eigenvalue weighted by molar-refractivity contribution is -0.129. The molecule has 0 atom stereocenters. The highest BCUT2D eigenvalue weighted by Gasteiger charge is 2.19. The smallest absolute Gasteiger partial charge is 0.227 e. The van der Waals surface area contributed by atoms with E-state index in [9.17, 15) is 4.79 Å². The molecule has 0 aromatic heterocycles. The van der Waals surface area contributed by atoms with Gasteiger partial charge in [0.05, 0.1) is 27.8 Å². The lowest BCUT2D eigenvalue weighted by atomic mass is 10.1. The summed E-state index contributed by atoms with van der Waals surface area (Å²) >= 11 is 5.99. The summed E-state index contributed by atoms with van der Waals surface area (Å²) in [4.78, 5) is 14.2. The topological polar surface area (TPSA) is 48.0 Å². The van der Waals surface area contributed by atoms with Crippen LogP contribution in [0, 0.1) is 0 Å². The average molecular weight is 364 g/mol. The van der Waals surface area contributed by atoms with Crippen molar-refractivity contribution in [3.63, 3.8) is 0 Å². The fourth-order valence-electron chi connectivity index (χ4n) is 2.60. The summed E-state index contributed by atoms with van der Waals surface area (Å²) in [5.41, 5.74) is 1.71. The van der Waals surface area contributed by atoms with Crippen molar-refractivity contribution < 1.29 is 19.0 Å². The molecule has 2 aromatic rings. The third-order valence-electron chi connectivity index (χ3n) is 3.86. The third-order valence-corrected chi connectivity index (χ3v) is 4.10. The first kappa shape index (κ1) is 18.9. The maximum Gasteiger partial charge on any atom is 0.227 e. The molecule has 2 aromatic carbocycles. The van der Waals surface area contributed by atoms with E-state index in [1.54, 1.807) is 38.3 Å². The first-order valence-electron chi connectivity index (χ1n) is 7.76. The van der Waals surface area contributed by atoms with Gasteiger partial charge in [0.1, 0.15) is 0 Å². The number of amides is 1. The van der Waals surface area contributed by atoms with E-state index in [0.29, 0.717) is 28.8 Å². The predicted molar refractivity (Wildman–Crippen MR) is 97.7 cm³/mol. The molecule has 0 aliphatic heterocycles. The Morgan fingerprint density at radius 3 is 2.36 bits per heavy atom. The Hall–Kier alpha value is -2.40. The zero-order valence-electron chi connectivity index (χ0n) is 14.8. The summed E-state index contributed by atoms with van der Waals surface area (Å²) in [6, 6.07) is 11.0. The minimum absolute atomic E-state index is 0.0366. The van der Waals surface area contributed by atoms with E-state index in [-0.39, 0.29) is 12.3 Å². The van der Waals surface area contributed by atoms with Crippen LogP contribution >= 0.6 is 11.6 Å². The molecular formula is C19H22ClNO4. The second kappa shape index (κ2) is 8.62. The number of hydrogen-bond donors (Lipinski definition) is 0. The van der Waals surface area contributed by atoms with Crippen LogP contribution < -0.4 is 14.2 Å². The lowest BCUT2D eigenvalue weighted by Crippen LogP contribution is -2.27. The van der Waals surface area contributed by atoms with Gasteiger partial charge in [-0.15, -0.1) is 0 Å². The number of hydrogen-bond acceptors (Lipinski definition) is 4. The molecule has 0 saturated heterocycles. The van der Waals surface area contributed by atoms with Crippen LogP contribution in [0.5, 0.6) is 17.2 Å². The van der Waals surface area contributed by atoms with Crippen molar-refractivity contribution in [2.75, 3.05) is 28.4 Å². The second-order valence-corrected chi connectivity index (χ2v) is 5.99. The van der Waals surface area contributed by atoms with Gasteiger partial charge in [0.15, 0.2) is 11.5 Å². The minimum Gasteiger partial charge on any atom is -0.493 e. The molecular weight excluding hydrogens is 342 g/mol. The second-order valence-electron chi connectivity index (χ2n) is 5.55. The summed E-state index contributed by atoms with van der Waals surface area (Å²) in [5.74, 6) is 1.51. The van der Waals surface area contributed by atoms with E-state index in [4.69, 9.17) is 25.8 Å². The van der Waals surface area contributed by atoms with Crippen molar-refractivity contribution in [3.8, 4) is 17.2 Å². The third kappa shape index (κ3) is 4.57. The molecule has 0 aliphatic rings. The molecule has 6 heteroatoms. The highest BCUT2D eigenvalue weighted by molar-refractivity contribution is 6.30. The van der Waals surface area contributed by atoms with Gasteiger partial charge in [-0.25, -0.2) is 0 Å². The van der Waals surface area contributed by atoms with E-state index in [2.05, 4.69) is 0 Å². The molecule has 2 rings (SSSR count). The minimum atomic E-state index is -0.0366. The molecule has 0 aliphatic carbocycles. The number of ether oxygens (including phenoxy) is 3. The van der Waals surface area contributed by atoms with Crippen molar-refractivity contribution in [2.24, 2.45) is 0 Å². The summed E-state index contributed by atoms with van der Waals surface area (Å²) in [6.07, 6.45) is 0.195. The van der Waals surface area contributed by atoms with Crippen molar-refractivity contribution in [2.45, 2.75) is 13.0 Å². The lowest BCUT2D eigenvalue weighted by Gasteiger charge is -2.20. The van der Waals surface area contributed by atoms with Gasteiger partial charge in [-0.2, -0.15) is 0 Å². The Morgan fingerprint density at radius 1 is 1.04 bits per heavy atom. The maximum atomic E-state index is 12.6. The fraction of sp³-hybridized carbons (Fsp3) is 0.316. The van der Waals surface area contributed by atoms with Crippen molar-refractivity contribution in [1.82, 2.24) is 4.90 Å². The Bertz CT molecular complexity index is 748. The number of likely N-dealkylation sites (N-methyl/N-ethyl adjacent to an activating group) is 1. The summed E-state index contributed by atoms with van der Waals surface area (Å²) in [6.45, 7) is 0.481. The monoisotopic (exact) mass is 363 g/mol. The molecule has 25 heavy (non-hydrogen) atoms. The SMILES string of the molecule is COc1ccc(CC(=O)N(C)Cc2cccc(Cl)c2)c(OC)c1OC. The molecule has 0 bridgehead atoms. The van der Waals surface area contributed by atoms with Gasteiger partial charge in [-0.1, -0.05) is 29.8 Å². The van der Waals surface area contributed by atoms with Gasteiger partial charge in [0, 0.05) is 24.2 Å². The number of halogens is 1. The van der Waals surface area contributed by atoms with Crippen LogP contribution in [-0.2, 0) is 17.8 Å². The van der Waals surface area contributed by atoms with Crippen molar-refractivity contribution >= 4 is 17.5 Å². The van der Waals surface area contributed by atoms with Gasteiger partial charge in [0.2, 0.25) is 11.7 Å². The van der Waals surface area contributed by atoms with E-state index in [1.165, 1.54) is 7.11 Å². The molecule has 0 N–H and O–H groups in total. The largest absolute Gasteiger partial charge is 0.493 e. The van der Waals surface area contributed by atoms with Crippen LogP contribution in [0.4, 0.5) is 0 Å². The number of rotatable bonds is 7. The Balaban J connectivity index is 2.16. The summed E-state index contributed by atoms with van der Waals surface area (Å²) in [5, 5.41) is 0.653. The first-order chi connectivity index (χ1) is 12.0. The molecule has 5 nitrogen and oxygen atoms in total. The number of carbonyl (C=O) groups is 1. The zero-order chi connectivity index (χ0) is 18.4. The highest BCUT2D eigenvalue weighted by atomic mass is 35.5. The Kier molecular flexibility index (Phi) is 6.53. The first-order valence-corrected chi connectivity index (χ1v) is 8.14. The van der Waals surface area contributed by atoms with Crippen LogP contribution in [0.15, 0.2) is 36.4 Å². The van der Waals surface area contributed by atoms with Crippen LogP contribution in [-0.4, -0.2) is 39.2 Å². The number of methoxy groups -OCH3 is 3. The fourth-order valence-corrected chi connectivity index (χ4v) is 2.81. The van der Waals surface area contributed by atoms with E-state index < -0.39 is 0 Å². The van der Waals surface area contributed by atoms with Crippen LogP contribution in [0.3, 0.4) is 0 Å². The average Bonchev–Trinajstić information content (AvgIpc) is 2.60. The van der Waals surface area contributed by atoms with Crippen LogP contribution in [0.1, 0.15) is 11.1 Å². The van der Waals surface area contributed by atoms with E-state index in [1.807, 2.05) is 24.3 Å². The number of carbonyl (C=O) groups excluding carboxylic acids is 1. The van der Waals surface area contributed by atoms with E-state index in [0.717, 1.165) is 11.1 Å². The van der Waals surface area contributed by atoms with Gasteiger partial charge >= 0.3 is 0 Å². The Labute approximate surface area is 153 Å². The standard InChI is InChI=1S/C19H22ClNO4/c1-21(12-13-6-5-7-15(20)10-13)17(22)11-14-8-9-16(23-2)19(25-4)18(14)24-3/h5-10H,11-12H2,1-4H3. The molecule has 134 valence electrons. The molecule has 0 spiro atoms. The quantitative estimate of drug-likeness (QED) is 0.754. The van der Waals surface area contributed by atoms with Gasteiger partial charge in [-0.3, -0.25) is 4.79 Å². The zero-order valence-corrected chi connectivity index (χ0v) is 15.6. The number of nitrogens with zero attached hydrogens (tertiary/aromatic N) is 1. The van der Waals surface area contributed by atoms with Gasteiger partial charge in [0.25, 0.3) is 0 Å². The van der Waals surface area contributed by atoms with Crippen LogP contribution in [0.25, 0.3) is 0 Å². The van der Waals surface area contributed by atoms with Crippen molar-refractivity contribution in [1.29, 1.82) is 0 Å². The Morgan fingerprint density at radius 2 is 1.76 bits per heavy atom. The summed E-state index contributed by atoms with van der Waals surface area (Å²) < 4.78 is 16.1. The summed E-state index contributed by atoms with van der Waals surface area (Å²) in [7, 11) is 6.40. The highest BCUT2D eigenvalue weighted by Crippen LogP contribution is 2.40. The van der Waals surface area contributed by atoms with Crippen molar-refractivity contribution in [3.05, 3.63) is 52.5 Å². The molecule has 0 radical (unpaired) electrons. The molecule has 0 unspecified atom stereocenters. The number of benzene rings is 2. The molecule has 1 amide bonds. The van der Waals surface area contributed by atoms with Gasteiger partial charge in [-0.05, 0) is 23.8 Å². The molecule has 0 fully saturated rings. The van der Waals surface area contributed by atoms with Gasteiger partial charge < -0.3 is 19.1 Å². The maximum absolute atomic E-state index is 12.6. The molecule has 0 saturated carbocycles. The van der Waals surface area contributed by atoms with Crippen LogP contribution in [0.2, 0.25) is 5.02 Å². The predicted octanol–water partition coefficient (Wildman–Crippen LogP) is 3.57. The van der Waals surface area contributed by atoms with E-state index >= 15 is 0 Å².